The molecule has 22 heavy (non-hydrogen) atoms. The van der Waals surface area contributed by atoms with E-state index in [4.69, 9.17) is 15.1 Å². The molecule has 0 saturated carbocycles. The highest BCUT2D eigenvalue weighted by Crippen LogP contribution is 2.29. The van der Waals surface area contributed by atoms with Crippen molar-refractivity contribution in [3.63, 3.8) is 0 Å². The van der Waals surface area contributed by atoms with E-state index in [0.29, 0.717) is 27.5 Å². The van der Waals surface area contributed by atoms with Crippen LogP contribution in [0.25, 0.3) is 27.3 Å². The minimum atomic E-state index is -0.411. The van der Waals surface area contributed by atoms with Crippen LogP contribution in [0.1, 0.15) is 11.1 Å². The Bertz CT molecular complexity index is 1080. The fourth-order valence-corrected chi connectivity index (χ4v) is 2.89. The van der Waals surface area contributed by atoms with Crippen LogP contribution in [-0.2, 0) is 0 Å². The lowest BCUT2D eigenvalue weighted by atomic mass is 9.97. The summed E-state index contributed by atoms with van der Waals surface area (Å²) in [6.07, 6.45) is 0. The van der Waals surface area contributed by atoms with Crippen molar-refractivity contribution in [2.75, 3.05) is 0 Å². The van der Waals surface area contributed by atoms with Crippen LogP contribution in [0.2, 0.25) is 0 Å². The number of nitriles is 1. The van der Waals surface area contributed by atoms with Gasteiger partial charge in [-0.2, -0.15) is 5.26 Å². The van der Waals surface area contributed by atoms with E-state index in [2.05, 4.69) is 21.8 Å². The topological polar surface area (TPSA) is 77.9 Å². The predicted octanol–water partition coefficient (Wildman–Crippen LogP) is 4.17. The van der Waals surface area contributed by atoms with Gasteiger partial charge in [0, 0.05) is 20.8 Å². The third kappa shape index (κ3) is 2.15. The Kier molecular flexibility index (Phi) is 3.42. The molecule has 0 aliphatic rings. The number of rotatable bonds is 1. The van der Waals surface area contributed by atoms with Crippen molar-refractivity contribution in [2.45, 2.75) is 6.92 Å². The Hall–Kier alpha value is -2.67. The highest BCUT2D eigenvalue weighted by Gasteiger charge is 2.13. The average molecular weight is 353 g/mol. The molecule has 0 unspecified atom stereocenters. The van der Waals surface area contributed by atoms with Crippen LogP contribution < -0.4 is 5.63 Å². The standard InChI is InChI=1S/C17H9BrN2O2/c1-9-4-10(11(7-19)8-20)5-14-13-6-12(18)2-3-15(13)22-17(21)16(9)14/h2-6,19H,1H3. The summed E-state index contributed by atoms with van der Waals surface area (Å²) in [5.41, 5.74) is 1.46. The lowest BCUT2D eigenvalue weighted by Gasteiger charge is -2.08. The number of hydrogen-bond acceptors (Lipinski definition) is 4. The minimum Gasteiger partial charge on any atom is -0.422 e. The largest absolute Gasteiger partial charge is 0.422 e. The van der Waals surface area contributed by atoms with Crippen molar-refractivity contribution in [3.05, 3.63) is 56.4 Å². The zero-order chi connectivity index (χ0) is 15.9. The lowest BCUT2D eigenvalue weighted by Crippen LogP contribution is -2.03. The summed E-state index contributed by atoms with van der Waals surface area (Å²) in [4.78, 5) is 12.2. The van der Waals surface area contributed by atoms with Gasteiger partial charge in [0.2, 0.25) is 0 Å². The zero-order valence-corrected chi connectivity index (χ0v) is 13.1. The molecular formula is C17H9BrN2O2. The first-order chi connectivity index (χ1) is 10.5. The summed E-state index contributed by atoms with van der Waals surface area (Å²) in [5, 5.41) is 18.3. The summed E-state index contributed by atoms with van der Waals surface area (Å²) in [6, 6.07) is 10.8. The number of nitrogens with zero attached hydrogens (tertiary/aromatic N) is 1. The van der Waals surface area contributed by atoms with Gasteiger partial charge in [-0.25, -0.2) is 4.79 Å². The van der Waals surface area contributed by atoms with Crippen molar-refractivity contribution < 1.29 is 4.42 Å². The van der Waals surface area contributed by atoms with Gasteiger partial charge in [0.15, 0.2) is 0 Å². The molecule has 1 aromatic heterocycles. The van der Waals surface area contributed by atoms with Crippen LogP contribution in [0, 0.1) is 23.7 Å². The maximum atomic E-state index is 12.2. The molecular weight excluding hydrogens is 344 g/mol. The highest BCUT2D eigenvalue weighted by molar-refractivity contribution is 9.10. The van der Waals surface area contributed by atoms with Gasteiger partial charge in [0.25, 0.3) is 0 Å². The quantitative estimate of drug-likeness (QED) is 0.309. The maximum absolute atomic E-state index is 12.2. The van der Waals surface area contributed by atoms with E-state index in [-0.39, 0.29) is 5.57 Å². The lowest BCUT2D eigenvalue weighted by molar-refractivity contribution is 0.569. The number of fused-ring (bicyclic) bond motifs is 3. The van der Waals surface area contributed by atoms with Crippen molar-refractivity contribution >= 4 is 49.1 Å². The predicted molar refractivity (Wildman–Crippen MR) is 89.2 cm³/mol. The molecule has 0 spiro atoms. The number of aryl methyl sites for hydroxylation is 1. The first kappa shape index (κ1) is 14.3. The molecule has 2 aromatic carbocycles. The number of allylic oxidation sites excluding steroid dienone is 1. The van der Waals surface area contributed by atoms with E-state index in [9.17, 15) is 4.79 Å². The summed E-state index contributed by atoms with van der Waals surface area (Å²) >= 11 is 3.41. The number of halogens is 1. The van der Waals surface area contributed by atoms with Crippen LogP contribution in [0.4, 0.5) is 0 Å². The van der Waals surface area contributed by atoms with Gasteiger partial charge in [-0.15, -0.1) is 0 Å². The van der Waals surface area contributed by atoms with E-state index in [0.717, 1.165) is 9.86 Å². The third-order valence-corrected chi connectivity index (χ3v) is 3.99. The maximum Gasteiger partial charge on any atom is 0.344 e. The Labute approximate surface area is 133 Å². The monoisotopic (exact) mass is 352 g/mol. The van der Waals surface area contributed by atoms with Gasteiger partial charge in [-0.1, -0.05) is 15.9 Å². The van der Waals surface area contributed by atoms with Crippen LogP contribution in [0.3, 0.4) is 0 Å². The van der Waals surface area contributed by atoms with E-state index in [1.807, 2.05) is 12.1 Å². The van der Waals surface area contributed by atoms with Crippen molar-refractivity contribution in [2.24, 2.45) is 0 Å². The van der Waals surface area contributed by atoms with Crippen LogP contribution in [0.15, 0.2) is 44.0 Å². The Balaban J connectivity index is 2.58. The molecule has 106 valence electrons. The normalized spacial score (nSPS) is 10.4. The molecule has 0 aliphatic carbocycles. The van der Waals surface area contributed by atoms with Gasteiger partial charge in [-0.05, 0) is 48.7 Å². The minimum absolute atomic E-state index is 0.126. The fraction of sp³-hybridized carbons (Fsp3) is 0.0588. The summed E-state index contributed by atoms with van der Waals surface area (Å²) in [5.74, 6) is 2.13. The van der Waals surface area contributed by atoms with Crippen LogP contribution in [0.5, 0.6) is 0 Å². The second-order valence-electron chi connectivity index (χ2n) is 4.86. The molecule has 0 amide bonds. The fourth-order valence-electron chi connectivity index (χ4n) is 2.53. The molecule has 0 bridgehead atoms. The van der Waals surface area contributed by atoms with Gasteiger partial charge in [0.05, 0.1) is 5.39 Å². The molecule has 1 heterocycles. The Morgan fingerprint density at radius 3 is 2.73 bits per heavy atom. The molecule has 3 aromatic rings. The average Bonchev–Trinajstić information content (AvgIpc) is 2.49. The highest BCUT2D eigenvalue weighted by atomic mass is 79.9. The van der Waals surface area contributed by atoms with E-state index in [1.54, 1.807) is 31.2 Å². The number of nitrogens with one attached hydrogen (secondary N) is 1. The first-order valence-corrected chi connectivity index (χ1v) is 7.21. The molecule has 0 atom stereocenters. The molecule has 5 heteroatoms. The Morgan fingerprint density at radius 1 is 1.27 bits per heavy atom. The van der Waals surface area contributed by atoms with Gasteiger partial charge < -0.3 is 4.42 Å². The second kappa shape index (κ2) is 5.27. The SMILES string of the molecule is Cc1cc(C(=C=N)C#N)cc2c1c(=O)oc1ccc(Br)cc12. The van der Waals surface area contributed by atoms with Crippen LogP contribution in [-0.4, -0.2) is 5.87 Å². The van der Waals surface area contributed by atoms with E-state index >= 15 is 0 Å². The third-order valence-electron chi connectivity index (χ3n) is 3.50. The van der Waals surface area contributed by atoms with Crippen LogP contribution >= 0.6 is 15.9 Å². The molecule has 4 nitrogen and oxygen atoms in total. The van der Waals surface area contributed by atoms with Gasteiger partial charge in [0.1, 0.15) is 17.2 Å². The Morgan fingerprint density at radius 2 is 2.05 bits per heavy atom. The number of benzene rings is 2. The second-order valence-corrected chi connectivity index (χ2v) is 5.77. The summed E-state index contributed by atoms with van der Waals surface area (Å²) in [7, 11) is 0. The van der Waals surface area contributed by atoms with Crippen molar-refractivity contribution in [1.82, 2.24) is 0 Å². The molecule has 0 aliphatic heterocycles. The van der Waals surface area contributed by atoms with Crippen molar-refractivity contribution in [1.29, 1.82) is 10.7 Å². The molecule has 1 N–H and O–H groups in total. The summed E-state index contributed by atoms with van der Waals surface area (Å²) < 4.78 is 6.23. The van der Waals surface area contributed by atoms with Crippen molar-refractivity contribution in [3.8, 4) is 6.07 Å². The number of hydrogen-bond donors (Lipinski definition) is 1. The van der Waals surface area contributed by atoms with E-state index in [1.165, 1.54) is 0 Å². The van der Waals surface area contributed by atoms with Gasteiger partial charge in [-0.3, -0.25) is 5.41 Å². The van der Waals surface area contributed by atoms with Gasteiger partial charge >= 0.3 is 5.63 Å². The molecule has 0 saturated heterocycles. The first-order valence-electron chi connectivity index (χ1n) is 6.42. The van der Waals surface area contributed by atoms with E-state index < -0.39 is 5.63 Å². The molecule has 0 fully saturated rings. The molecule has 3 rings (SSSR count). The zero-order valence-electron chi connectivity index (χ0n) is 11.5. The smallest absolute Gasteiger partial charge is 0.344 e. The summed E-state index contributed by atoms with van der Waals surface area (Å²) in [6.45, 7) is 1.78. The molecule has 0 radical (unpaired) electrons.